The van der Waals surface area contributed by atoms with Crippen molar-refractivity contribution in [2.24, 2.45) is 0 Å². The Bertz CT molecular complexity index is 708. The van der Waals surface area contributed by atoms with E-state index in [-0.39, 0.29) is 12.3 Å². The molecule has 0 radical (unpaired) electrons. The molecule has 0 saturated carbocycles. The maximum Gasteiger partial charge on any atom is 0.226 e. The molecule has 4 nitrogen and oxygen atoms in total. The lowest BCUT2D eigenvalue weighted by atomic mass is 9.95. The van der Waals surface area contributed by atoms with Crippen LogP contribution in [0.3, 0.4) is 0 Å². The monoisotopic (exact) mass is 304 g/mol. The van der Waals surface area contributed by atoms with Crippen molar-refractivity contribution in [2.75, 3.05) is 14.1 Å². The van der Waals surface area contributed by atoms with Crippen molar-refractivity contribution in [1.29, 1.82) is 0 Å². The molecule has 0 saturated heterocycles. The highest BCUT2D eigenvalue weighted by Gasteiger charge is 2.39. The van der Waals surface area contributed by atoms with Crippen LogP contribution in [0.2, 0.25) is 5.02 Å². The number of fused-ring (bicyclic) bond motifs is 3. The third kappa shape index (κ3) is 2.29. The van der Waals surface area contributed by atoms with E-state index in [1.807, 2.05) is 42.0 Å². The molecule has 0 bridgehead atoms. The van der Waals surface area contributed by atoms with Gasteiger partial charge in [-0.05, 0) is 37.3 Å². The molecule has 1 aromatic carbocycles. The second-order valence-electron chi connectivity index (χ2n) is 5.67. The Labute approximate surface area is 128 Å². The smallest absolute Gasteiger partial charge is 0.226 e. The molecule has 1 unspecified atom stereocenters. The first kappa shape index (κ1) is 14.0. The van der Waals surface area contributed by atoms with Crippen molar-refractivity contribution in [3.05, 3.63) is 47.2 Å². The summed E-state index contributed by atoms with van der Waals surface area (Å²) in [6.07, 6.45) is 2.25. The van der Waals surface area contributed by atoms with Crippen LogP contribution in [0.25, 0.3) is 5.69 Å². The summed E-state index contributed by atoms with van der Waals surface area (Å²) in [5.74, 6) is 0.764. The van der Waals surface area contributed by atoms with Crippen molar-refractivity contribution >= 4 is 17.5 Å². The molecular weight excluding hydrogens is 288 g/mol. The molecule has 0 fully saturated rings. The Morgan fingerprint density at radius 3 is 2.86 bits per heavy atom. The number of carbonyl (C=O) groups is 1. The quantitative estimate of drug-likeness (QED) is 0.854. The van der Waals surface area contributed by atoms with Gasteiger partial charge in [0.25, 0.3) is 0 Å². The number of nitrogens with zero attached hydrogens (tertiary/aromatic N) is 2. The van der Waals surface area contributed by atoms with Crippen LogP contribution in [0.15, 0.2) is 36.5 Å². The highest BCUT2D eigenvalue weighted by molar-refractivity contribution is 6.30. The van der Waals surface area contributed by atoms with E-state index in [2.05, 4.69) is 0 Å². The Morgan fingerprint density at radius 2 is 2.14 bits per heavy atom. The summed E-state index contributed by atoms with van der Waals surface area (Å²) < 4.78 is 8.19. The van der Waals surface area contributed by atoms with Crippen LogP contribution in [0.4, 0.5) is 0 Å². The predicted octanol–water partition coefficient (Wildman–Crippen LogP) is 3.22. The lowest BCUT2D eigenvalue weighted by molar-refractivity contribution is -0.133. The normalized spacial score (nSPS) is 19.4. The van der Waals surface area contributed by atoms with Crippen LogP contribution in [0, 0.1) is 0 Å². The maximum absolute atomic E-state index is 12.1. The summed E-state index contributed by atoms with van der Waals surface area (Å²) in [6.45, 7) is 1.94. The van der Waals surface area contributed by atoms with E-state index in [0.717, 1.165) is 17.1 Å². The minimum Gasteiger partial charge on any atom is -0.479 e. The number of rotatable bonds is 2. The topological polar surface area (TPSA) is 34.5 Å². The van der Waals surface area contributed by atoms with Crippen molar-refractivity contribution in [2.45, 2.75) is 18.9 Å². The molecule has 3 rings (SSSR count). The van der Waals surface area contributed by atoms with Gasteiger partial charge in [-0.15, -0.1) is 0 Å². The van der Waals surface area contributed by atoms with Gasteiger partial charge in [0.15, 0.2) is 5.60 Å². The van der Waals surface area contributed by atoms with Gasteiger partial charge in [-0.1, -0.05) is 11.6 Å². The first-order valence-electron chi connectivity index (χ1n) is 6.78. The molecule has 110 valence electrons. The van der Waals surface area contributed by atoms with E-state index < -0.39 is 5.60 Å². The number of hydrogen-bond donors (Lipinski definition) is 0. The van der Waals surface area contributed by atoms with E-state index in [1.165, 1.54) is 0 Å². The summed E-state index contributed by atoms with van der Waals surface area (Å²) in [5, 5.41) is 0.657. The maximum atomic E-state index is 12.1. The first-order chi connectivity index (χ1) is 9.90. The minimum absolute atomic E-state index is 0.0302. The number of carbonyl (C=O) groups excluding carboxylic acids is 1. The number of hydrogen-bond acceptors (Lipinski definition) is 2. The summed E-state index contributed by atoms with van der Waals surface area (Å²) in [4.78, 5) is 13.7. The third-order valence-electron chi connectivity index (χ3n) is 3.79. The molecule has 2 heterocycles. The first-order valence-corrected chi connectivity index (χ1v) is 7.15. The van der Waals surface area contributed by atoms with Gasteiger partial charge in [-0.3, -0.25) is 4.79 Å². The highest BCUT2D eigenvalue weighted by atomic mass is 35.5. The van der Waals surface area contributed by atoms with Crippen molar-refractivity contribution in [1.82, 2.24) is 9.47 Å². The molecule has 21 heavy (non-hydrogen) atoms. The summed E-state index contributed by atoms with van der Waals surface area (Å²) in [6, 6.07) is 9.44. The van der Waals surface area contributed by atoms with Crippen LogP contribution < -0.4 is 4.74 Å². The molecule has 1 aromatic heterocycles. The molecule has 1 atom stereocenters. The Kier molecular flexibility index (Phi) is 3.21. The number of ether oxygens (including phenoxy) is 1. The third-order valence-corrected chi connectivity index (χ3v) is 4.03. The molecule has 1 amide bonds. The van der Waals surface area contributed by atoms with Crippen molar-refractivity contribution in [3.63, 3.8) is 0 Å². The van der Waals surface area contributed by atoms with E-state index in [1.54, 1.807) is 25.1 Å². The van der Waals surface area contributed by atoms with E-state index in [0.29, 0.717) is 5.02 Å². The number of halogens is 1. The van der Waals surface area contributed by atoms with E-state index in [9.17, 15) is 4.79 Å². The average Bonchev–Trinajstić information content (AvgIpc) is 2.90. The van der Waals surface area contributed by atoms with Crippen LogP contribution in [-0.2, 0) is 10.4 Å². The molecule has 0 spiro atoms. The fraction of sp³-hybridized carbons (Fsp3) is 0.312. The van der Waals surface area contributed by atoms with Gasteiger partial charge in [0.05, 0.1) is 17.8 Å². The van der Waals surface area contributed by atoms with Gasteiger partial charge >= 0.3 is 0 Å². The number of amides is 1. The zero-order valence-electron chi connectivity index (χ0n) is 12.3. The molecule has 0 aliphatic carbocycles. The van der Waals surface area contributed by atoms with Gasteiger partial charge in [-0.2, -0.15) is 0 Å². The second kappa shape index (κ2) is 4.81. The second-order valence-corrected chi connectivity index (χ2v) is 6.11. The SMILES string of the molecule is CN(C)C(=O)CC1(C)Oc2ccc(Cl)cc2-n2cccc21. The minimum atomic E-state index is -0.689. The molecule has 1 aliphatic rings. The number of benzene rings is 1. The fourth-order valence-corrected chi connectivity index (χ4v) is 2.82. The molecule has 1 aliphatic heterocycles. The van der Waals surface area contributed by atoms with E-state index >= 15 is 0 Å². The van der Waals surface area contributed by atoms with Gasteiger partial charge in [0, 0.05) is 25.3 Å². The summed E-state index contributed by atoms with van der Waals surface area (Å²) >= 11 is 6.08. The molecule has 2 aromatic rings. The predicted molar refractivity (Wildman–Crippen MR) is 82.1 cm³/mol. The van der Waals surface area contributed by atoms with Gasteiger partial charge in [0.1, 0.15) is 5.75 Å². The van der Waals surface area contributed by atoms with Gasteiger partial charge < -0.3 is 14.2 Å². The molecule has 0 N–H and O–H groups in total. The zero-order valence-corrected chi connectivity index (χ0v) is 13.0. The van der Waals surface area contributed by atoms with E-state index in [4.69, 9.17) is 16.3 Å². The molecule has 5 heteroatoms. The largest absolute Gasteiger partial charge is 0.479 e. The summed E-state index contributed by atoms with van der Waals surface area (Å²) in [5.41, 5.74) is 1.16. The van der Waals surface area contributed by atoms with Gasteiger partial charge in [0.2, 0.25) is 5.91 Å². The van der Waals surface area contributed by atoms with Crippen LogP contribution in [0.5, 0.6) is 5.75 Å². The van der Waals surface area contributed by atoms with Crippen molar-refractivity contribution < 1.29 is 9.53 Å². The van der Waals surface area contributed by atoms with Crippen LogP contribution in [0.1, 0.15) is 19.0 Å². The Morgan fingerprint density at radius 1 is 1.38 bits per heavy atom. The standard InChI is InChI=1S/C16H17ClN2O2/c1-16(10-15(20)18(2)3)14-5-4-8-19(14)12-9-11(17)6-7-13(12)21-16/h4-9H,10H2,1-3H3. The Hall–Kier alpha value is -1.94. The average molecular weight is 305 g/mol. The van der Waals surface area contributed by atoms with Crippen molar-refractivity contribution in [3.8, 4) is 11.4 Å². The van der Waals surface area contributed by atoms with Gasteiger partial charge in [-0.25, -0.2) is 0 Å². The molecular formula is C16H17ClN2O2. The highest BCUT2D eigenvalue weighted by Crippen LogP contribution is 2.42. The Balaban J connectivity index is 2.08. The lowest BCUT2D eigenvalue weighted by Gasteiger charge is -2.37. The lowest BCUT2D eigenvalue weighted by Crippen LogP contribution is -2.40. The summed E-state index contributed by atoms with van der Waals surface area (Å²) in [7, 11) is 3.50. The van der Waals surface area contributed by atoms with Crippen LogP contribution >= 0.6 is 11.6 Å². The number of aromatic nitrogens is 1. The zero-order chi connectivity index (χ0) is 15.2. The fourth-order valence-electron chi connectivity index (χ4n) is 2.66. The van der Waals surface area contributed by atoms with Crippen LogP contribution in [-0.4, -0.2) is 29.5 Å².